The van der Waals surface area contributed by atoms with Crippen molar-refractivity contribution in [2.45, 2.75) is 25.0 Å². The molecule has 2 aromatic carbocycles. The maximum Gasteiger partial charge on any atom is 0.414 e. The number of ether oxygens (including phenoxy) is 1. The molecule has 0 spiro atoms. The number of rotatable bonds is 12. The van der Waals surface area contributed by atoms with Crippen LogP contribution in [0.4, 0.5) is 4.79 Å². The van der Waals surface area contributed by atoms with Crippen molar-refractivity contribution in [3.05, 3.63) is 77.7 Å². The molecule has 1 aliphatic rings. The zero-order valence-corrected chi connectivity index (χ0v) is 19.9. The van der Waals surface area contributed by atoms with Crippen LogP contribution in [0.2, 0.25) is 0 Å². The largest absolute Gasteiger partial charge is 0.480 e. The number of hydrazine groups is 2. The lowest BCUT2D eigenvalue weighted by Crippen LogP contribution is -2.54. The number of hydrogen-bond acceptors (Lipinski definition) is 9. The highest BCUT2D eigenvalue weighted by Crippen LogP contribution is 2.15. The number of benzene rings is 2. The number of nitrogens with one attached hydrogen (secondary N) is 4. The lowest BCUT2D eigenvalue weighted by Gasteiger charge is -2.29. The summed E-state index contributed by atoms with van der Waals surface area (Å²) in [6.45, 7) is 0. The minimum atomic E-state index is -1.06. The summed E-state index contributed by atoms with van der Waals surface area (Å²) in [5, 5.41) is 16.9. The van der Waals surface area contributed by atoms with E-state index in [4.69, 9.17) is 4.74 Å². The van der Waals surface area contributed by atoms with Crippen LogP contribution < -0.4 is 26.2 Å². The molecule has 0 saturated heterocycles. The zero-order valence-electron chi connectivity index (χ0n) is 19.9. The van der Waals surface area contributed by atoms with E-state index < -0.39 is 24.3 Å². The van der Waals surface area contributed by atoms with E-state index in [1.807, 2.05) is 30.3 Å². The fourth-order valence-electron chi connectivity index (χ4n) is 3.24. The lowest BCUT2D eigenvalue weighted by atomic mass is 10.1. The average Bonchev–Trinajstić information content (AvgIpc) is 2.85. The molecule has 1 aliphatic heterocycles. The van der Waals surface area contributed by atoms with Crippen LogP contribution in [0.15, 0.2) is 71.6 Å². The van der Waals surface area contributed by atoms with Gasteiger partial charge in [-0.15, -0.1) is 0 Å². The van der Waals surface area contributed by atoms with Crippen molar-refractivity contribution in [2.24, 2.45) is 4.99 Å². The van der Waals surface area contributed by atoms with Crippen LogP contribution in [-0.2, 0) is 22.4 Å². The molecule has 0 aliphatic carbocycles. The summed E-state index contributed by atoms with van der Waals surface area (Å²) in [4.78, 5) is 40.2. The van der Waals surface area contributed by atoms with Crippen LogP contribution in [0.1, 0.15) is 11.1 Å². The SMILES string of the molecule is CN(C)C(=O)Oc1ccc(C[C@H](NN2C=C(NC(Cc3ccccc3)NC=O)N=CN2)C(=O)O)cc1. The van der Waals surface area contributed by atoms with Gasteiger partial charge in [0.05, 0.1) is 6.20 Å². The van der Waals surface area contributed by atoms with Gasteiger partial charge in [0.25, 0.3) is 0 Å². The van der Waals surface area contributed by atoms with Gasteiger partial charge >= 0.3 is 12.1 Å². The topological polar surface area (TPSA) is 148 Å². The Labute approximate surface area is 208 Å². The van der Waals surface area contributed by atoms with Gasteiger partial charge in [-0.25, -0.2) is 20.3 Å². The first-order valence-electron chi connectivity index (χ1n) is 11.1. The van der Waals surface area contributed by atoms with E-state index in [-0.39, 0.29) is 6.42 Å². The highest BCUT2D eigenvalue weighted by atomic mass is 16.6. The minimum absolute atomic E-state index is 0.159. The summed E-state index contributed by atoms with van der Waals surface area (Å²) in [6.07, 6.45) is 3.29. The molecule has 1 heterocycles. The molecule has 12 nitrogen and oxygen atoms in total. The predicted octanol–water partition coefficient (Wildman–Crippen LogP) is 0.799. The minimum Gasteiger partial charge on any atom is -0.480 e. The fraction of sp³-hybridized carbons (Fsp3) is 0.250. The van der Waals surface area contributed by atoms with Crippen LogP contribution in [-0.4, -0.2) is 66.2 Å². The van der Waals surface area contributed by atoms with Gasteiger partial charge in [-0.3, -0.25) is 15.0 Å². The van der Waals surface area contributed by atoms with Crippen LogP contribution in [0, 0.1) is 0 Å². The highest BCUT2D eigenvalue weighted by Gasteiger charge is 2.22. The fourth-order valence-corrected chi connectivity index (χ4v) is 3.24. The second-order valence-electron chi connectivity index (χ2n) is 8.07. The predicted molar refractivity (Wildman–Crippen MR) is 132 cm³/mol. The van der Waals surface area contributed by atoms with Crippen molar-refractivity contribution < 1.29 is 24.2 Å². The van der Waals surface area contributed by atoms with Gasteiger partial charge in [0.15, 0.2) is 0 Å². The normalized spacial score (nSPS) is 14.1. The summed E-state index contributed by atoms with van der Waals surface area (Å²) in [6, 6.07) is 15.3. The molecule has 0 aromatic heterocycles. The molecule has 0 fully saturated rings. The number of amides is 2. The molecular formula is C24H29N7O5. The summed E-state index contributed by atoms with van der Waals surface area (Å²) < 4.78 is 5.18. The summed E-state index contributed by atoms with van der Waals surface area (Å²) in [5.41, 5.74) is 7.45. The molecule has 0 bridgehead atoms. The Hall–Kier alpha value is -4.58. The van der Waals surface area contributed by atoms with E-state index in [0.29, 0.717) is 24.4 Å². The van der Waals surface area contributed by atoms with Gasteiger partial charge in [-0.05, 0) is 23.3 Å². The van der Waals surface area contributed by atoms with Gasteiger partial charge in [-0.2, -0.15) is 0 Å². The number of hydrogen-bond donors (Lipinski definition) is 5. The van der Waals surface area contributed by atoms with Gasteiger partial charge < -0.3 is 25.4 Å². The summed E-state index contributed by atoms with van der Waals surface area (Å²) in [7, 11) is 3.16. The summed E-state index contributed by atoms with van der Waals surface area (Å²) >= 11 is 0. The summed E-state index contributed by atoms with van der Waals surface area (Å²) in [5.74, 6) is -0.290. The maximum absolute atomic E-state index is 11.9. The molecule has 36 heavy (non-hydrogen) atoms. The molecule has 0 saturated carbocycles. The molecule has 2 aromatic rings. The van der Waals surface area contributed by atoms with Gasteiger partial charge in [0.1, 0.15) is 30.1 Å². The molecule has 1 unspecified atom stereocenters. The Bertz CT molecular complexity index is 1090. The van der Waals surface area contributed by atoms with Crippen LogP contribution in [0.25, 0.3) is 0 Å². The first-order chi connectivity index (χ1) is 17.3. The third kappa shape index (κ3) is 8.02. The third-order valence-corrected chi connectivity index (χ3v) is 5.05. The Morgan fingerprint density at radius 1 is 1.11 bits per heavy atom. The Morgan fingerprint density at radius 3 is 2.44 bits per heavy atom. The molecule has 2 atom stereocenters. The molecule has 2 amide bonds. The van der Waals surface area contributed by atoms with Crippen molar-refractivity contribution >= 4 is 24.8 Å². The standard InChI is InChI=1S/C24H29N7O5/c1-30(2)24(35)36-19-10-8-18(9-11-19)12-20(23(33)34)29-31-14-22(25-15-27-31)28-21(26-16-32)13-17-6-4-3-5-7-17/h3-11,14-16,20-21,28-29H,12-13H2,1-2H3,(H,25,27)(H,26,32)(H,33,34)/t20-,21?/m0/s1. The lowest BCUT2D eigenvalue weighted by molar-refractivity contribution is -0.141. The van der Waals surface area contributed by atoms with Crippen molar-refractivity contribution in [1.29, 1.82) is 0 Å². The number of carboxylic acid groups (broad SMARTS) is 1. The number of carbonyl (C=O) groups excluding carboxylic acids is 2. The first-order valence-corrected chi connectivity index (χ1v) is 11.1. The average molecular weight is 496 g/mol. The Morgan fingerprint density at radius 2 is 1.81 bits per heavy atom. The van der Waals surface area contributed by atoms with Crippen LogP contribution in [0.5, 0.6) is 5.75 Å². The molecule has 3 rings (SSSR count). The number of nitrogens with zero attached hydrogens (tertiary/aromatic N) is 3. The maximum atomic E-state index is 11.9. The number of aliphatic carboxylic acids is 1. The van der Waals surface area contributed by atoms with Crippen molar-refractivity contribution in [1.82, 2.24) is 31.5 Å². The van der Waals surface area contributed by atoms with Crippen molar-refractivity contribution in [2.75, 3.05) is 14.1 Å². The second kappa shape index (κ2) is 12.8. The molecule has 5 N–H and O–H groups in total. The van der Waals surface area contributed by atoms with Gasteiger partial charge in [-0.1, -0.05) is 42.5 Å². The molecular weight excluding hydrogens is 466 g/mol. The Kier molecular flexibility index (Phi) is 9.23. The second-order valence-corrected chi connectivity index (χ2v) is 8.07. The van der Waals surface area contributed by atoms with E-state index in [2.05, 4.69) is 26.5 Å². The zero-order chi connectivity index (χ0) is 25.9. The quantitative estimate of drug-likeness (QED) is 0.213. The molecule has 190 valence electrons. The van der Waals surface area contributed by atoms with E-state index in [0.717, 1.165) is 11.1 Å². The van der Waals surface area contributed by atoms with Crippen LogP contribution in [0.3, 0.4) is 0 Å². The van der Waals surface area contributed by atoms with E-state index in [1.54, 1.807) is 44.6 Å². The first kappa shape index (κ1) is 26.0. The third-order valence-electron chi connectivity index (χ3n) is 5.05. The van der Waals surface area contributed by atoms with Gasteiger partial charge in [0, 0.05) is 26.9 Å². The van der Waals surface area contributed by atoms with E-state index >= 15 is 0 Å². The monoisotopic (exact) mass is 495 g/mol. The van der Waals surface area contributed by atoms with Gasteiger partial charge in [0.2, 0.25) is 6.41 Å². The number of aliphatic imine (C=N–C) groups is 1. The van der Waals surface area contributed by atoms with E-state index in [9.17, 15) is 19.5 Å². The number of carbonyl (C=O) groups is 3. The van der Waals surface area contributed by atoms with E-state index in [1.165, 1.54) is 16.4 Å². The highest BCUT2D eigenvalue weighted by molar-refractivity contribution is 5.74. The molecule has 12 heteroatoms. The number of carboxylic acids is 1. The molecule has 0 radical (unpaired) electrons. The van der Waals surface area contributed by atoms with Crippen molar-refractivity contribution in [3.8, 4) is 5.75 Å². The smallest absolute Gasteiger partial charge is 0.414 e. The van der Waals surface area contributed by atoms with Crippen molar-refractivity contribution in [3.63, 3.8) is 0 Å². The van der Waals surface area contributed by atoms with Crippen LogP contribution >= 0.6 is 0 Å². The Balaban J connectivity index is 1.61.